The Morgan fingerprint density at radius 1 is 1.28 bits per heavy atom. The molecular formula is C17H21N5O2S. The lowest BCUT2D eigenvalue weighted by molar-refractivity contribution is -0.0157. The Bertz CT molecular complexity index is 718. The number of anilines is 2. The van der Waals surface area contributed by atoms with E-state index in [1.807, 2.05) is 22.9 Å². The summed E-state index contributed by atoms with van der Waals surface area (Å²) in [4.78, 5) is 25.5. The highest BCUT2D eigenvalue weighted by Crippen LogP contribution is 2.24. The minimum absolute atomic E-state index is 0.0967. The van der Waals surface area contributed by atoms with E-state index >= 15 is 0 Å². The SMILES string of the molecule is O=C(Nc1ccsc1)N1CCO[C@@H](c2ccnc(N3CCCC3)n2)C1. The number of hydrogen-bond donors (Lipinski definition) is 1. The average Bonchev–Trinajstić information content (AvgIpc) is 3.36. The van der Waals surface area contributed by atoms with E-state index in [1.54, 1.807) is 22.4 Å². The lowest BCUT2D eigenvalue weighted by Gasteiger charge is -2.32. The van der Waals surface area contributed by atoms with Crippen molar-refractivity contribution in [1.29, 1.82) is 0 Å². The van der Waals surface area contributed by atoms with E-state index in [0.717, 1.165) is 30.4 Å². The molecule has 0 radical (unpaired) electrons. The molecule has 2 fully saturated rings. The monoisotopic (exact) mass is 359 g/mol. The number of amides is 2. The summed E-state index contributed by atoms with van der Waals surface area (Å²) in [7, 11) is 0. The van der Waals surface area contributed by atoms with E-state index < -0.39 is 0 Å². The van der Waals surface area contributed by atoms with Crippen molar-refractivity contribution >= 4 is 29.0 Å². The molecule has 2 saturated heterocycles. The van der Waals surface area contributed by atoms with Crippen LogP contribution >= 0.6 is 11.3 Å². The number of thiophene rings is 1. The van der Waals surface area contributed by atoms with Crippen LogP contribution in [-0.2, 0) is 4.74 Å². The van der Waals surface area contributed by atoms with Gasteiger partial charge >= 0.3 is 6.03 Å². The van der Waals surface area contributed by atoms with Crippen LogP contribution in [-0.4, -0.2) is 53.7 Å². The average molecular weight is 359 g/mol. The molecule has 0 aromatic carbocycles. The van der Waals surface area contributed by atoms with Crippen molar-refractivity contribution in [2.45, 2.75) is 18.9 Å². The van der Waals surface area contributed by atoms with Crippen LogP contribution in [0.2, 0.25) is 0 Å². The molecule has 132 valence electrons. The predicted octanol–water partition coefficient (Wildman–Crippen LogP) is 2.74. The number of nitrogens with zero attached hydrogens (tertiary/aromatic N) is 4. The third kappa shape index (κ3) is 3.74. The van der Waals surface area contributed by atoms with Crippen molar-refractivity contribution in [1.82, 2.24) is 14.9 Å². The van der Waals surface area contributed by atoms with Crippen LogP contribution in [0.3, 0.4) is 0 Å². The van der Waals surface area contributed by atoms with Crippen LogP contribution in [0.1, 0.15) is 24.6 Å². The first-order chi connectivity index (χ1) is 12.3. The molecule has 2 aromatic rings. The van der Waals surface area contributed by atoms with Gasteiger partial charge in [-0.1, -0.05) is 0 Å². The fourth-order valence-corrected chi connectivity index (χ4v) is 3.75. The fourth-order valence-electron chi connectivity index (χ4n) is 3.16. The van der Waals surface area contributed by atoms with Gasteiger partial charge in [-0.05, 0) is 30.4 Å². The van der Waals surface area contributed by atoms with Gasteiger partial charge in [-0.3, -0.25) is 0 Å². The van der Waals surface area contributed by atoms with Crippen LogP contribution in [0, 0.1) is 0 Å². The lowest BCUT2D eigenvalue weighted by Crippen LogP contribution is -2.44. The van der Waals surface area contributed by atoms with Gasteiger partial charge in [-0.25, -0.2) is 14.8 Å². The second kappa shape index (κ2) is 7.37. The van der Waals surface area contributed by atoms with Crippen molar-refractivity contribution in [2.24, 2.45) is 0 Å². The van der Waals surface area contributed by atoms with Crippen LogP contribution in [0.4, 0.5) is 16.4 Å². The van der Waals surface area contributed by atoms with Gasteiger partial charge < -0.3 is 19.9 Å². The molecule has 0 saturated carbocycles. The van der Waals surface area contributed by atoms with Crippen molar-refractivity contribution < 1.29 is 9.53 Å². The zero-order chi connectivity index (χ0) is 17.1. The number of aromatic nitrogens is 2. The number of ether oxygens (including phenoxy) is 1. The maximum Gasteiger partial charge on any atom is 0.322 e. The Labute approximate surface area is 150 Å². The van der Waals surface area contributed by atoms with Crippen molar-refractivity contribution in [2.75, 3.05) is 43.0 Å². The van der Waals surface area contributed by atoms with Crippen molar-refractivity contribution in [3.63, 3.8) is 0 Å². The Morgan fingerprint density at radius 3 is 2.96 bits per heavy atom. The second-order valence-electron chi connectivity index (χ2n) is 6.22. The van der Waals surface area contributed by atoms with Gasteiger partial charge in [0.1, 0.15) is 6.10 Å². The molecule has 0 spiro atoms. The Kier molecular flexibility index (Phi) is 4.80. The number of urea groups is 1. The van der Waals surface area contributed by atoms with E-state index in [0.29, 0.717) is 19.7 Å². The molecule has 2 aliphatic rings. The summed E-state index contributed by atoms with van der Waals surface area (Å²) in [5, 5.41) is 6.78. The smallest absolute Gasteiger partial charge is 0.322 e. The van der Waals surface area contributed by atoms with Gasteiger partial charge in [0.15, 0.2) is 0 Å². The summed E-state index contributed by atoms with van der Waals surface area (Å²) in [5.41, 5.74) is 1.67. The second-order valence-corrected chi connectivity index (χ2v) is 7.00. The molecular weight excluding hydrogens is 338 g/mol. The molecule has 0 bridgehead atoms. The summed E-state index contributed by atoms with van der Waals surface area (Å²) in [5.74, 6) is 0.762. The first kappa shape index (κ1) is 16.3. The molecule has 0 unspecified atom stereocenters. The number of nitrogens with one attached hydrogen (secondary N) is 1. The molecule has 1 atom stereocenters. The highest BCUT2D eigenvalue weighted by atomic mass is 32.1. The van der Waals surface area contributed by atoms with Gasteiger partial charge in [-0.15, -0.1) is 0 Å². The fraction of sp³-hybridized carbons (Fsp3) is 0.471. The maximum absolute atomic E-state index is 12.4. The highest BCUT2D eigenvalue weighted by molar-refractivity contribution is 7.08. The zero-order valence-electron chi connectivity index (χ0n) is 13.9. The lowest BCUT2D eigenvalue weighted by atomic mass is 10.2. The maximum atomic E-state index is 12.4. The number of carbonyl (C=O) groups is 1. The predicted molar refractivity (Wildman–Crippen MR) is 97.1 cm³/mol. The summed E-state index contributed by atoms with van der Waals surface area (Å²) >= 11 is 1.56. The molecule has 0 aliphatic carbocycles. The molecule has 4 heterocycles. The number of rotatable bonds is 3. The van der Waals surface area contributed by atoms with Gasteiger partial charge in [0.05, 0.1) is 24.5 Å². The summed E-state index contributed by atoms with van der Waals surface area (Å²) in [6.07, 6.45) is 3.93. The quantitative estimate of drug-likeness (QED) is 0.912. The summed E-state index contributed by atoms with van der Waals surface area (Å²) in [6, 6.07) is 3.68. The minimum Gasteiger partial charge on any atom is -0.368 e. The zero-order valence-corrected chi connectivity index (χ0v) is 14.7. The molecule has 8 heteroatoms. The van der Waals surface area contributed by atoms with Crippen LogP contribution in [0.5, 0.6) is 0 Å². The molecule has 2 amide bonds. The first-order valence-electron chi connectivity index (χ1n) is 8.57. The minimum atomic E-state index is -0.216. The van der Waals surface area contributed by atoms with Crippen LogP contribution in [0.25, 0.3) is 0 Å². The molecule has 2 aromatic heterocycles. The molecule has 1 N–H and O–H groups in total. The van der Waals surface area contributed by atoms with Gasteiger partial charge in [-0.2, -0.15) is 11.3 Å². The van der Waals surface area contributed by atoms with Crippen LogP contribution < -0.4 is 10.2 Å². The number of carbonyl (C=O) groups excluding carboxylic acids is 1. The van der Waals surface area contributed by atoms with Gasteiger partial charge in [0.25, 0.3) is 0 Å². The van der Waals surface area contributed by atoms with E-state index in [2.05, 4.69) is 20.2 Å². The third-order valence-corrected chi connectivity index (χ3v) is 5.19. The standard InChI is InChI=1S/C17H21N5O2S/c23-17(19-13-4-10-25-12-13)22-8-9-24-15(11-22)14-3-5-18-16(20-14)21-6-1-2-7-21/h3-5,10,12,15H,1-2,6-9,11H2,(H,19,23)/t15-/m1/s1. The summed E-state index contributed by atoms with van der Waals surface area (Å²) in [6.45, 7) is 3.59. The Balaban J connectivity index is 1.44. The molecule has 4 rings (SSSR count). The summed E-state index contributed by atoms with van der Waals surface area (Å²) < 4.78 is 5.87. The topological polar surface area (TPSA) is 70.6 Å². The highest BCUT2D eigenvalue weighted by Gasteiger charge is 2.27. The van der Waals surface area contributed by atoms with Crippen LogP contribution in [0.15, 0.2) is 29.1 Å². The van der Waals surface area contributed by atoms with E-state index in [-0.39, 0.29) is 12.1 Å². The Morgan fingerprint density at radius 2 is 2.16 bits per heavy atom. The Hall–Kier alpha value is -2.19. The van der Waals surface area contributed by atoms with Crippen molar-refractivity contribution in [3.8, 4) is 0 Å². The molecule has 7 nitrogen and oxygen atoms in total. The van der Waals surface area contributed by atoms with Gasteiger partial charge in [0, 0.05) is 31.2 Å². The van der Waals surface area contributed by atoms with Gasteiger partial charge in [0.2, 0.25) is 5.95 Å². The number of hydrogen-bond acceptors (Lipinski definition) is 6. The normalized spacial score (nSPS) is 20.7. The van der Waals surface area contributed by atoms with E-state index in [4.69, 9.17) is 4.74 Å². The molecule has 2 aliphatic heterocycles. The van der Waals surface area contributed by atoms with E-state index in [1.165, 1.54) is 12.8 Å². The first-order valence-corrected chi connectivity index (χ1v) is 9.51. The largest absolute Gasteiger partial charge is 0.368 e. The molecule has 25 heavy (non-hydrogen) atoms. The van der Waals surface area contributed by atoms with Crippen molar-refractivity contribution in [3.05, 3.63) is 34.8 Å². The van der Waals surface area contributed by atoms with E-state index in [9.17, 15) is 4.79 Å². The number of morpholine rings is 1. The third-order valence-electron chi connectivity index (χ3n) is 4.51.